The molecule has 0 radical (unpaired) electrons. The fraction of sp³-hybridized carbons (Fsp3) is 0.300. The van der Waals surface area contributed by atoms with Gasteiger partial charge >= 0.3 is 0 Å². The number of anilines is 1. The fourth-order valence-electron chi connectivity index (χ4n) is 2.25. The van der Waals surface area contributed by atoms with Crippen LogP contribution in [0.15, 0.2) is 42.5 Å². The maximum Gasteiger partial charge on any atom is 0.171 e. The topological polar surface area (TPSA) is 57.1 Å². The van der Waals surface area contributed by atoms with Gasteiger partial charge in [0.25, 0.3) is 0 Å². The summed E-state index contributed by atoms with van der Waals surface area (Å²) in [5.41, 5.74) is 4.35. The maximum absolute atomic E-state index is 8.69. The summed E-state index contributed by atoms with van der Waals surface area (Å²) < 4.78 is 5.82. The first-order valence-corrected chi connectivity index (χ1v) is 8.62. The lowest BCUT2D eigenvalue weighted by Crippen LogP contribution is -2.39. The van der Waals surface area contributed by atoms with Gasteiger partial charge in [-0.05, 0) is 73.9 Å². The van der Waals surface area contributed by atoms with Crippen molar-refractivity contribution >= 4 is 23.0 Å². The molecule has 4 nitrogen and oxygen atoms in total. The van der Waals surface area contributed by atoms with E-state index in [4.69, 9.17) is 22.2 Å². The standard InChI is InChI=1S/C20H23N3OS/c1-14-4-9-19(12-15(14)2)24-13-16(3)22-20(25)23-18-7-5-17(6-8-18)10-11-21/h4-9,12,16H,10,13H2,1-3H3,(H2,22,23,25). The molecule has 0 aliphatic rings. The van der Waals surface area contributed by atoms with Gasteiger partial charge in [-0.1, -0.05) is 18.2 Å². The van der Waals surface area contributed by atoms with Crippen molar-refractivity contribution in [2.45, 2.75) is 33.2 Å². The third-order valence-corrected chi connectivity index (χ3v) is 4.07. The first-order chi connectivity index (χ1) is 12.0. The van der Waals surface area contributed by atoms with Crippen LogP contribution in [0.5, 0.6) is 5.75 Å². The molecule has 0 spiro atoms. The highest BCUT2D eigenvalue weighted by atomic mass is 32.1. The van der Waals surface area contributed by atoms with Crippen LogP contribution in [-0.2, 0) is 6.42 Å². The number of nitrogens with one attached hydrogen (secondary N) is 2. The minimum absolute atomic E-state index is 0.0690. The number of thiocarbonyl (C=S) groups is 1. The molecule has 0 saturated heterocycles. The molecule has 130 valence electrons. The molecular weight excluding hydrogens is 330 g/mol. The summed E-state index contributed by atoms with van der Waals surface area (Å²) in [6.07, 6.45) is 0.413. The van der Waals surface area contributed by atoms with Gasteiger partial charge in [0.15, 0.2) is 5.11 Å². The number of aryl methyl sites for hydroxylation is 2. The second kappa shape index (κ2) is 9.05. The molecule has 1 atom stereocenters. The lowest BCUT2D eigenvalue weighted by atomic mass is 10.1. The summed E-state index contributed by atoms with van der Waals surface area (Å²) in [6, 6.07) is 15.9. The van der Waals surface area contributed by atoms with Crippen molar-refractivity contribution in [3.63, 3.8) is 0 Å². The Morgan fingerprint density at radius 1 is 1.16 bits per heavy atom. The second-order valence-electron chi connectivity index (χ2n) is 6.09. The van der Waals surface area contributed by atoms with E-state index in [1.807, 2.05) is 43.3 Å². The third-order valence-electron chi connectivity index (χ3n) is 3.85. The Bertz CT molecular complexity index is 766. The van der Waals surface area contributed by atoms with Crippen LogP contribution >= 0.6 is 12.2 Å². The van der Waals surface area contributed by atoms with Gasteiger partial charge < -0.3 is 15.4 Å². The fourth-order valence-corrected chi connectivity index (χ4v) is 2.57. The highest BCUT2D eigenvalue weighted by Crippen LogP contribution is 2.16. The molecule has 0 heterocycles. The van der Waals surface area contributed by atoms with Gasteiger partial charge in [-0.2, -0.15) is 5.26 Å². The summed E-state index contributed by atoms with van der Waals surface area (Å²) in [5, 5.41) is 15.6. The number of benzene rings is 2. The minimum Gasteiger partial charge on any atom is -0.491 e. The van der Waals surface area contributed by atoms with E-state index in [1.165, 1.54) is 11.1 Å². The van der Waals surface area contributed by atoms with E-state index in [9.17, 15) is 0 Å². The number of hydrogen-bond acceptors (Lipinski definition) is 3. The molecule has 0 aromatic heterocycles. The summed E-state index contributed by atoms with van der Waals surface area (Å²) in [6.45, 7) is 6.70. The number of rotatable bonds is 6. The van der Waals surface area contributed by atoms with Crippen LogP contribution in [-0.4, -0.2) is 17.8 Å². The lowest BCUT2D eigenvalue weighted by molar-refractivity contribution is 0.287. The molecule has 0 aliphatic heterocycles. The molecule has 0 saturated carbocycles. The van der Waals surface area contributed by atoms with Gasteiger partial charge in [-0.25, -0.2) is 0 Å². The first kappa shape index (κ1) is 18.8. The van der Waals surface area contributed by atoms with Crippen LogP contribution in [0, 0.1) is 25.2 Å². The summed E-state index contributed by atoms with van der Waals surface area (Å²) in [7, 11) is 0. The van der Waals surface area contributed by atoms with Crippen LogP contribution in [0.25, 0.3) is 0 Å². The predicted molar refractivity (Wildman–Crippen MR) is 106 cm³/mol. The maximum atomic E-state index is 8.69. The third kappa shape index (κ3) is 6.09. The Morgan fingerprint density at radius 3 is 2.52 bits per heavy atom. The van der Waals surface area contributed by atoms with Crippen molar-refractivity contribution in [3.05, 3.63) is 59.2 Å². The van der Waals surface area contributed by atoms with E-state index >= 15 is 0 Å². The van der Waals surface area contributed by atoms with E-state index in [2.05, 4.69) is 36.6 Å². The largest absolute Gasteiger partial charge is 0.491 e. The van der Waals surface area contributed by atoms with Crippen molar-refractivity contribution in [3.8, 4) is 11.8 Å². The summed E-state index contributed by atoms with van der Waals surface area (Å²) in [4.78, 5) is 0. The number of hydrogen-bond donors (Lipinski definition) is 2. The second-order valence-corrected chi connectivity index (χ2v) is 6.50. The van der Waals surface area contributed by atoms with E-state index in [1.54, 1.807) is 0 Å². The van der Waals surface area contributed by atoms with Gasteiger partial charge in [0, 0.05) is 5.69 Å². The number of nitrogens with zero attached hydrogens (tertiary/aromatic N) is 1. The zero-order chi connectivity index (χ0) is 18.2. The highest BCUT2D eigenvalue weighted by molar-refractivity contribution is 7.80. The average molecular weight is 353 g/mol. The smallest absolute Gasteiger partial charge is 0.171 e. The first-order valence-electron chi connectivity index (χ1n) is 8.21. The Balaban J connectivity index is 1.79. The molecular formula is C20H23N3OS. The van der Waals surface area contributed by atoms with Gasteiger partial charge in [-0.15, -0.1) is 0 Å². The van der Waals surface area contributed by atoms with Gasteiger partial charge in [0.05, 0.1) is 18.5 Å². The predicted octanol–water partition coefficient (Wildman–Crippen LogP) is 4.12. The monoisotopic (exact) mass is 353 g/mol. The Morgan fingerprint density at radius 2 is 1.88 bits per heavy atom. The van der Waals surface area contributed by atoms with Crippen molar-refractivity contribution in [1.29, 1.82) is 5.26 Å². The van der Waals surface area contributed by atoms with Crippen LogP contribution < -0.4 is 15.4 Å². The molecule has 0 fully saturated rings. The molecule has 1 unspecified atom stereocenters. The Labute approximate surface area is 154 Å². The molecule has 2 aromatic carbocycles. The lowest BCUT2D eigenvalue weighted by Gasteiger charge is -2.18. The van der Waals surface area contributed by atoms with Crippen molar-refractivity contribution in [2.24, 2.45) is 0 Å². The zero-order valence-electron chi connectivity index (χ0n) is 14.8. The van der Waals surface area contributed by atoms with E-state index in [-0.39, 0.29) is 6.04 Å². The molecule has 25 heavy (non-hydrogen) atoms. The highest BCUT2D eigenvalue weighted by Gasteiger charge is 2.06. The Hall–Kier alpha value is -2.58. The molecule has 0 bridgehead atoms. The molecule has 2 rings (SSSR count). The summed E-state index contributed by atoms with van der Waals surface area (Å²) in [5.74, 6) is 0.865. The minimum atomic E-state index is 0.0690. The van der Waals surface area contributed by atoms with Crippen LogP contribution in [0.3, 0.4) is 0 Å². The SMILES string of the molecule is Cc1ccc(OCC(C)NC(=S)Nc2ccc(CC#N)cc2)cc1C. The van der Waals surface area contributed by atoms with Crippen molar-refractivity contribution < 1.29 is 4.74 Å². The van der Waals surface area contributed by atoms with E-state index in [0.717, 1.165) is 17.0 Å². The van der Waals surface area contributed by atoms with Crippen LogP contribution in [0.1, 0.15) is 23.6 Å². The number of ether oxygens (including phenoxy) is 1. The van der Waals surface area contributed by atoms with Gasteiger partial charge in [-0.3, -0.25) is 0 Å². The van der Waals surface area contributed by atoms with Crippen LogP contribution in [0.4, 0.5) is 5.69 Å². The molecule has 0 amide bonds. The van der Waals surface area contributed by atoms with E-state index in [0.29, 0.717) is 18.1 Å². The summed E-state index contributed by atoms with van der Waals surface area (Å²) >= 11 is 5.33. The van der Waals surface area contributed by atoms with Gasteiger partial charge in [0.2, 0.25) is 0 Å². The van der Waals surface area contributed by atoms with Crippen LogP contribution in [0.2, 0.25) is 0 Å². The average Bonchev–Trinajstić information content (AvgIpc) is 2.58. The molecule has 2 N–H and O–H groups in total. The number of nitriles is 1. The van der Waals surface area contributed by atoms with Crippen molar-refractivity contribution in [2.75, 3.05) is 11.9 Å². The van der Waals surface area contributed by atoms with Gasteiger partial charge in [0.1, 0.15) is 12.4 Å². The Kier molecular flexibility index (Phi) is 6.79. The zero-order valence-corrected chi connectivity index (χ0v) is 15.6. The molecule has 2 aromatic rings. The quantitative estimate of drug-likeness (QED) is 0.765. The molecule has 5 heteroatoms. The normalized spacial score (nSPS) is 11.3. The van der Waals surface area contributed by atoms with Crippen molar-refractivity contribution in [1.82, 2.24) is 5.32 Å². The molecule has 0 aliphatic carbocycles. The van der Waals surface area contributed by atoms with E-state index < -0.39 is 0 Å².